The third-order valence-electron chi connectivity index (χ3n) is 8.79. The summed E-state index contributed by atoms with van der Waals surface area (Å²) in [6, 6.07) is 12.5. The standard InChI is InChI=1S/C26H32N2O3S2/c1-19-4-6-22(7-5-19)25-14-20-13-21(15-25)17-26(16-20,18-25)24(29)27-8-10-28(11-9-27)33(30,31)23-3-2-12-32-23/h2-7,12,20-21H,8-11,13-18H2,1H3/t20-,21-,25?,26?/m1/s1. The number of hydrogen-bond donors (Lipinski definition) is 0. The lowest BCUT2D eigenvalue weighted by atomic mass is 9.42. The summed E-state index contributed by atoms with van der Waals surface area (Å²) >= 11 is 1.26. The molecule has 2 aromatic rings. The summed E-state index contributed by atoms with van der Waals surface area (Å²) < 4.78 is 27.7. The molecule has 4 bridgehead atoms. The molecule has 0 radical (unpaired) electrons. The van der Waals surface area contributed by atoms with Crippen molar-refractivity contribution < 1.29 is 13.2 Å². The predicted octanol–water partition coefficient (Wildman–Crippen LogP) is 4.43. The fourth-order valence-corrected chi connectivity index (χ4v) is 10.3. The third-order valence-corrected chi connectivity index (χ3v) is 12.1. The van der Waals surface area contributed by atoms with Gasteiger partial charge in [0.15, 0.2) is 0 Å². The summed E-state index contributed by atoms with van der Waals surface area (Å²) in [5, 5.41) is 1.80. The smallest absolute Gasteiger partial charge is 0.252 e. The van der Waals surface area contributed by atoms with Crippen molar-refractivity contribution >= 4 is 27.3 Å². The zero-order chi connectivity index (χ0) is 22.8. The van der Waals surface area contributed by atoms with Crippen LogP contribution >= 0.6 is 11.3 Å². The van der Waals surface area contributed by atoms with Crippen LogP contribution in [0.25, 0.3) is 0 Å². The summed E-state index contributed by atoms with van der Waals surface area (Å²) in [5.41, 5.74) is 2.58. The van der Waals surface area contributed by atoms with Crippen LogP contribution in [-0.2, 0) is 20.2 Å². The first-order chi connectivity index (χ1) is 15.8. The molecule has 1 aromatic carbocycles. The first-order valence-electron chi connectivity index (χ1n) is 12.2. The average molecular weight is 485 g/mol. The van der Waals surface area contributed by atoms with Crippen molar-refractivity contribution in [1.29, 1.82) is 0 Å². The summed E-state index contributed by atoms with van der Waals surface area (Å²) in [6.45, 7) is 3.90. The molecular formula is C26H32N2O3S2. The van der Waals surface area contributed by atoms with E-state index in [1.807, 2.05) is 4.90 Å². The summed E-state index contributed by atoms with van der Waals surface area (Å²) in [4.78, 5) is 16.0. The van der Waals surface area contributed by atoms with Crippen molar-refractivity contribution in [1.82, 2.24) is 9.21 Å². The highest BCUT2D eigenvalue weighted by Gasteiger charge is 2.61. The van der Waals surface area contributed by atoms with Gasteiger partial charge in [-0.2, -0.15) is 4.31 Å². The van der Waals surface area contributed by atoms with Crippen LogP contribution in [0.4, 0.5) is 0 Å². The second-order valence-electron chi connectivity index (χ2n) is 11.0. The van der Waals surface area contributed by atoms with Crippen LogP contribution in [0.1, 0.15) is 49.7 Å². The van der Waals surface area contributed by atoms with Gasteiger partial charge in [-0.15, -0.1) is 11.3 Å². The van der Waals surface area contributed by atoms with E-state index >= 15 is 0 Å². The van der Waals surface area contributed by atoms with Crippen LogP contribution in [0.2, 0.25) is 0 Å². The quantitative estimate of drug-likeness (QED) is 0.645. The Morgan fingerprint density at radius 1 is 0.970 bits per heavy atom. The van der Waals surface area contributed by atoms with Gasteiger partial charge in [0, 0.05) is 26.2 Å². The van der Waals surface area contributed by atoms with Gasteiger partial charge in [0.2, 0.25) is 5.91 Å². The lowest BCUT2D eigenvalue weighted by Gasteiger charge is -2.62. The SMILES string of the molecule is Cc1ccc(C23C[C@H]4C[C@@H](CC(C(=O)N5CCN(S(=O)(=O)c6cccs6)CC5)(C4)C2)C3)cc1. The van der Waals surface area contributed by atoms with Crippen molar-refractivity contribution in [2.24, 2.45) is 17.3 Å². The summed E-state index contributed by atoms with van der Waals surface area (Å²) in [5.74, 6) is 1.57. The monoisotopic (exact) mass is 484 g/mol. The summed E-state index contributed by atoms with van der Waals surface area (Å²) in [7, 11) is -3.45. The zero-order valence-electron chi connectivity index (χ0n) is 19.2. The molecule has 4 aliphatic carbocycles. The lowest BCUT2D eigenvalue weighted by Crippen LogP contribution is -2.61. The second kappa shape index (κ2) is 7.65. The Bertz CT molecular complexity index is 1130. The normalized spacial score (nSPS) is 34.0. The van der Waals surface area contributed by atoms with Crippen molar-refractivity contribution in [2.75, 3.05) is 26.2 Å². The molecule has 1 aliphatic heterocycles. The maximum Gasteiger partial charge on any atom is 0.252 e. The third kappa shape index (κ3) is 3.50. The maximum absolute atomic E-state index is 14.0. The second-order valence-corrected chi connectivity index (χ2v) is 14.1. The number of carbonyl (C=O) groups is 1. The van der Waals surface area contributed by atoms with Crippen LogP contribution < -0.4 is 0 Å². The van der Waals surface area contributed by atoms with Gasteiger partial charge in [0.25, 0.3) is 10.0 Å². The molecule has 33 heavy (non-hydrogen) atoms. The Kier molecular flexibility index (Phi) is 5.06. The van der Waals surface area contributed by atoms with Crippen LogP contribution in [0.15, 0.2) is 46.0 Å². The number of nitrogens with zero attached hydrogens (tertiary/aromatic N) is 2. The number of benzene rings is 1. The maximum atomic E-state index is 14.0. The van der Waals surface area contributed by atoms with Crippen LogP contribution in [0.5, 0.6) is 0 Å². The number of thiophene rings is 1. The summed E-state index contributed by atoms with van der Waals surface area (Å²) in [6.07, 6.45) is 6.70. The number of aryl methyl sites for hydroxylation is 1. The molecule has 0 unspecified atom stereocenters. The molecule has 0 spiro atoms. The van der Waals surface area contributed by atoms with Crippen molar-refractivity contribution in [2.45, 2.75) is 55.1 Å². The van der Waals surface area contributed by atoms with Gasteiger partial charge in [-0.05, 0) is 79.7 Å². The lowest BCUT2D eigenvalue weighted by molar-refractivity contribution is -0.161. The Hall–Kier alpha value is -1.70. The Balaban J connectivity index is 1.22. The number of piperazine rings is 1. The van der Waals surface area contributed by atoms with Crippen molar-refractivity contribution in [3.63, 3.8) is 0 Å². The number of rotatable bonds is 4. The Morgan fingerprint density at radius 3 is 2.24 bits per heavy atom. The van der Waals surface area contributed by atoms with Crippen LogP contribution in [0.3, 0.4) is 0 Å². The average Bonchev–Trinajstić information content (AvgIpc) is 3.34. The number of sulfonamides is 1. The van der Waals surface area contributed by atoms with E-state index in [2.05, 4.69) is 31.2 Å². The van der Waals surface area contributed by atoms with Crippen LogP contribution in [0, 0.1) is 24.2 Å². The molecule has 2 atom stereocenters. The van der Waals surface area contributed by atoms with E-state index in [1.54, 1.807) is 21.8 Å². The predicted molar refractivity (Wildman–Crippen MR) is 130 cm³/mol. The molecule has 7 rings (SSSR count). The molecule has 5 nitrogen and oxygen atoms in total. The minimum Gasteiger partial charge on any atom is -0.340 e. The molecule has 7 heteroatoms. The van der Waals surface area contributed by atoms with Crippen LogP contribution in [-0.4, -0.2) is 49.7 Å². The highest BCUT2D eigenvalue weighted by Crippen LogP contribution is 2.66. The molecular weight excluding hydrogens is 452 g/mol. The molecule has 4 saturated carbocycles. The molecule has 5 fully saturated rings. The topological polar surface area (TPSA) is 57.7 Å². The largest absolute Gasteiger partial charge is 0.340 e. The van der Waals surface area contributed by atoms with E-state index in [0.717, 1.165) is 19.3 Å². The highest BCUT2D eigenvalue weighted by atomic mass is 32.2. The van der Waals surface area contributed by atoms with Crippen molar-refractivity contribution in [3.8, 4) is 0 Å². The van der Waals surface area contributed by atoms with E-state index in [0.29, 0.717) is 48.1 Å². The fraction of sp³-hybridized carbons (Fsp3) is 0.577. The molecule has 1 saturated heterocycles. The van der Waals surface area contributed by atoms with Gasteiger partial charge >= 0.3 is 0 Å². The number of hydrogen-bond acceptors (Lipinski definition) is 4. The Morgan fingerprint density at radius 2 is 1.64 bits per heavy atom. The highest BCUT2D eigenvalue weighted by molar-refractivity contribution is 7.91. The van der Waals surface area contributed by atoms with E-state index in [4.69, 9.17) is 0 Å². The zero-order valence-corrected chi connectivity index (χ0v) is 20.8. The van der Waals surface area contributed by atoms with Crippen molar-refractivity contribution in [3.05, 3.63) is 52.9 Å². The number of amides is 1. The van der Waals surface area contributed by atoms with Gasteiger partial charge in [0.05, 0.1) is 5.41 Å². The molecule has 0 N–H and O–H groups in total. The fourth-order valence-electron chi connectivity index (χ4n) is 7.76. The van der Waals surface area contributed by atoms with Gasteiger partial charge < -0.3 is 4.90 Å². The molecule has 2 heterocycles. The first-order valence-corrected chi connectivity index (χ1v) is 14.5. The molecule has 1 aromatic heterocycles. The minimum atomic E-state index is -3.45. The number of carbonyl (C=O) groups excluding carboxylic acids is 1. The van der Waals surface area contributed by atoms with E-state index in [9.17, 15) is 13.2 Å². The molecule has 1 amide bonds. The minimum absolute atomic E-state index is 0.137. The first kappa shape index (κ1) is 21.8. The molecule has 176 valence electrons. The van der Waals surface area contributed by atoms with Gasteiger partial charge in [-0.25, -0.2) is 8.42 Å². The van der Waals surface area contributed by atoms with E-state index < -0.39 is 10.0 Å². The van der Waals surface area contributed by atoms with Gasteiger partial charge in [0.1, 0.15) is 4.21 Å². The van der Waals surface area contributed by atoms with E-state index in [1.165, 1.54) is 41.7 Å². The van der Waals surface area contributed by atoms with Gasteiger partial charge in [-0.3, -0.25) is 4.79 Å². The van der Waals surface area contributed by atoms with Gasteiger partial charge in [-0.1, -0.05) is 35.9 Å². The Labute approximate surface area is 200 Å². The van der Waals surface area contributed by atoms with E-state index in [-0.39, 0.29) is 10.8 Å². The molecule has 5 aliphatic rings.